The van der Waals surface area contributed by atoms with E-state index in [9.17, 15) is 26.7 Å². The topological polar surface area (TPSA) is 103 Å². The molecule has 1 aromatic carbocycles. The lowest BCUT2D eigenvalue weighted by atomic mass is 10.0. The average molecular weight is 538 g/mol. The van der Waals surface area contributed by atoms with Crippen LogP contribution >= 0.6 is 24.0 Å². The van der Waals surface area contributed by atoms with Crippen molar-refractivity contribution in [3.05, 3.63) is 65.7 Å². The molecule has 188 valence electrons. The predicted octanol–water partition coefficient (Wildman–Crippen LogP) is 4.70. The second-order valence-corrected chi connectivity index (χ2v) is 7.26. The number of rotatable bonds is 8. The zero-order valence-corrected chi connectivity index (χ0v) is 19.2. The molecule has 2 aromatic heterocycles. The molecule has 1 amide bonds. The summed E-state index contributed by atoms with van der Waals surface area (Å²) in [4.78, 5) is 24.0. The number of carbonyl (C=O) groups excluding carboxylic acids is 1. The molecule has 0 fully saturated rings. The molecule has 1 atom stereocenters. The molecule has 0 aliphatic carbocycles. The van der Waals surface area contributed by atoms with E-state index >= 15 is 0 Å². The number of halogens is 7. The molecule has 2 heterocycles. The van der Waals surface area contributed by atoms with E-state index in [0.29, 0.717) is 6.07 Å². The van der Waals surface area contributed by atoms with E-state index in [-0.39, 0.29) is 48.9 Å². The molecular weight excluding hydrogens is 520 g/mol. The lowest BCUT2D eigenvalue weighted by molar-refractivity contribution is -0.137. The van der Waals surface area contributed by atoms with Gasteiger partial charge in [0.25, 0.3) is 5.91 Å². The van der Waals surface area contributed by atoms with Gasteiger partial charge < -0.3 is 15.8 Å². The fraction of sp³-hybridized carbons (Fsp3) is 0.238. The van der Waals surface area contributed by atoms with Gasteiger partial charge in [-0.15, -0.1) is 24.0 Å². The quantitative estimate of drug-likeness (QED) is 0.319. The normalized spacial score (nSPS) is 12.0. The van der Waals surface area contributed by atoms with Gasteiger partial charge in [-0.05, 0) is 30.8 Å². The van der Waals surface area contributed by atoms with Crippen LogP contribution in [-0.4, -0.2) is 39.9 Å². The minimum atomic E-state index is -4.98. The minimum Gasteiger partial charge on any atom is -0.476 e. The number of nitrogens with two attached hydrogens (primary N) is 1. The van der Waals surface area contributed by atoms with Crippen molar-refractivity contribution >= 4 is 35.6 Å². The van der Waals surface area contributed by atoms with E-state index in [4.69, 9.17) is 22.1 Å². The number of anilines is 1. The number of nitrogens with one attached hydrogen (secondary N) is 1. The van der Waals surface area contributed by atoms with Crippen molar-refractivity contribution < 1.29 is 31.5 Å². The highest BCUT2D eigenvalue weighted by Crippen LogP contribution is 2.38. The molecule has 1 unspecified atom stereocenters. The first-order valence-electron chi connectivity index (χ1n) is 9.68. The van der Waals surface area contributed by atoms with Crippen molar-refractivity contribution in [3.8, 4) is 17.1 Å². The second-order valence-electron chi connectivity index (χ2n) is 6.95. The fourth-order valence-corrected chi connectivity index (χ4v) is 3.02. The molecule has 0 aliphatic rings. The van der Waals surface area contributed by atoms with Crippen LogP contribution in [0.3, 0.4) is 0 Å². The predicted molar refractivity (Wildman–Crippen MR) is 121 cm³/mol. The third kappa shape index (κ3) is 6.74. The Hall–Kier alpha value is -3.09. The van der Waals surface area contributed by atoms with Crippen LogP contribution < -0.4 is 15.8 Å². The van der Waals surface area contributed by atoms with Crippen LogP contribution in [-0.2, 0) is 6.18 Å². The van der Waals surface area contributed by atoms with E-state index < -0.39 is 46.2 Å². The number of nitrogens with zero attached hydrogens (tertiary/aromatic N) is 3. The van der Waals surface area contributed by atoms with Crippen molar-refractivity contribution in [2.45, 2.75) is 6.18 Å². The number of hydrogen-bond donors (Lipinski definition) is 2. The molecule has 0 saturated carbocycles. The van der Waals surface area contributed by atoms with Gasteiger partial charge in [0.2, 0.25) is 5.88 Å². The smallest absolute Gasteiger partial charge is 0.418 e. The summed E-state index contributed by atoms with van der Waals surface area (Å²) in [5.74, 6) is -3.55. The van der Waals surface area contributed by atoms with Crippen molar-refractivity contribution in [2.24, 2.45) is 11.7 Å². The molecular formula is C21H18Cl2F5N5O2. The summed E-state index contributed by atoms with van der Waals surface area (Å²) in [6, 6.07) is 3.87. The summed E-state index contributed by atoms with van der Waals surface area (Å²) in [6.07, 6.45) is -2.64. The number of carbonyl (C=O) groups is 1. The highest BCUT2D eigenvalue weighted by Gasteiger charge is 2.36. The van der Waals surface area contributed by atoms with Gasteiger partial charge in [-0.25, -0.2) is 18.7 Å². The Morgan fingerprint density at radius 3 is 2.46 bits per heavy atom. The van der Waals surface area contributed by atoms with Crippen molar-refractivity contribution in [1.82, 2.24) is 15.0 Å². The first-order valence-corrected chi connectivity index (χ1v) is 10.2. The van der Waals surface area contributed by atoms with Gasteiger partial charge in [0.1, 0.15) is 29.3 Å². The SMILES string of the molecule is Cl.NCC(CCl)COc1ncncc1NC(=O)c1ccc(C(F)(F)F)c(-c2c(F)cccc2F)n1. The van der Waals surface area contributed by atoms with Crippen LogP contribution in [0, 0.1) is 17.6 Å². The minimum absolute atomic E-state index is 0. The summed E-state index contributed by atoms with van der Waals surface area (Å²) >= 11 is 5.77. The Morgan fingerprint density at radius 1 is 1.17 bits per heavy atom. The average Bonchev–Trinajstić information content (AvgIpc) is 2.80. The summed E-state index contributed by atoms with van der Waals surface area (Å²) in [7, 11) is 0. The van der Waals surface area contributed by atoms with Crippen molar-refractivity contribution in [1.29, 1.82) is 0 Å². The van der Waals surface area contributed by atoms with Gasteiger partial charge in [0.05, 0.1) is 29.6 Å². The number of pyridine rings is 1. The molecule has 3 rings (SSSR count). The molecule has 0 radical (unpaired) electrons. The maximum absolute atomic E-state index is 14.2. The van der Waals surface area contributed by atoms with Crippen LogP contribution in [0.4, 0.5) is 27.6 Å². The molecule has 3 N–H and O–H groups in total. The van der Waals surface area contributed by atoms with E-state index in [1.807, 2.05) is 0 Å². The monoisotopic (exact) mass is 537 g/mol. The van der Waals surface area contributed by atoms with E-state index in [0.717, 1.165) is 30.6 Å². The molecule has 0 bridgehead atoms. The van der Waals surface area contributed by atoms with Crippen LogP contribution in [0.25, 0.3) is 11.3 Å². The Morgan fingerprint density at radius 2 is 1.86 bits per heavy atom. The lowest BCUT2D eigenvalue weighted by Gasteiger charge is -2.16. The summed E-state index contributed by atoms with van der Waals surface area (Å²) in [5.41, 5.74) is 1.52. The number of benzene rings is 1. The Balaban J connectivity index is 0.00000432. The zero-order valence-electron chi connectivity index (χ0n) is 17.7. The summed E-state index contributed by atoms with van der Waals surface area (Å²) in [5, 5.41) is 2.37. The maximum Gasteiger partial charge on any atom is 0.418 e. The van der Waals surface area contributed by atoms with E-state index in [1.165, 1.54) is 6.20 Å². The van der Waals surface area contributed by atoms with Gasteiger partial charge in [-0.1, -0.05) is 6.07 Å². The van der Waals surface area contributed by atoms with Crippen LogP contribution in [0.1, 0.15) is 16.1 Å². The molecule has 14 heteroatoms. The number of hydrogen-bond acceptors (Lipinski definition) is 6. The molecule has 0 aliphatic heterocycles. The van der Waals surface area contributed by atoms with Gasteiger partial charge in [0, 0.05) is 11.8 Å². The number of alkyl halides is 4. The lowest BCUT2D eigenvalue weighted by Crippen LogP contribution is -2.24. The Labute approximate surface area is 207 Å². The molecule has 35 heavy (non-hydrogen) atoms. The number of ether oxygens (including phenoxy) is 1. The van der Waals surface area contributed by atoms with Crippen LogP contribution in [0.5, 0.6) is 5.88 Å². The second kappa shape index (κ2) is 12.0. The first-order chi connectivity index (χ1) is 16.2. The largest absolute Gasteiger partial charge is 0.476 e. The Bertz CT molecular complexity index is 1160. The molecule has 3 aromatic rings. The molecule has 0 spiro atoms. The standard InChI is InChI=1S/C21H17ClF5N5O2.ClH/c22-6-11(7-28)9-34-20-16(8-29-10-30-20)32-19(33)15-5-4-12(21(25,26)27)18(31-15)17-13(23)2-1-3-14(17)24;/h1-5,8,10-11H,6-7,9,28H2,(H,32,33);1H. The summed E-state index contributed by atoms with van der Waals surface area (Å²) in [6.45, 7) is 0.316. The molecule has 7 nitrogen and oxygen atoms in total. The Kier molecular flexibility index (Phi) is 9.69. The van der Waals surface area contributed by atoms with E-state index in [2.05, 4.69) is 20.3 Å². The van der Waals surface area contributed by atoms with Gasteiger partial charge in [-0.2, -0.15) is 18.2 Å². The van der Waals surface area contributed by atoms with Crippen molar-refractivity contribution in [2.75, 3.05) is 24.3 Å². The fourth-order valence-electron chi connectivity index (χ4n) is 2.81. The summed E-state index contributed by atoms with van der Waals surface area (Å²) < 4.78 is 74.5. The molecule has 0 saturated heterocycles. The van der Waals surface area contributed by atoms with Gasteiger partial charge >= 0.3 is 6.18 Å². The van der Waals surface area contributed by atoms with Gasteiger partial charge in [0.15, 0.2) is 0 Å². The third-order valence-corrected chi connectivity index (χ3v) is 5.00. The zero-order chi connectivity index (χ0) is 24.9. The maximum atomic E-state index is 14.2. The van der Waals surface area contributed by atoms with Crippen LogP contribution in [0.15, 0.2) is 42.9 Å². The highest BCUT2D eigenvalue weighted by atomic mass is 35.5. The number of aromatic nitrogens is 3. The number of amides is 1. The van der Waals surface area contributed by atoms with Crippen LogP contribution in [0.2, 0.25) is 0 Å². The first kappa shape index (κ1) is 28.1. The van der Waals surface area contributed by atoms with E-state index in [1.54, 1.807) is 0 Å². The third-order valence-electron chi connectivity index (χ3n) is 4.56. The highest BCUT2D eigenvalue weighted by molar-refractivity contribution is 6.18. The van der Waals surface area contributed by atoms with Crippen molar-refractivity contribution in [3.63, 3.8) is 0 Å². The van der Waals surface area contributed by atoms with Gasteiger partial charge in [-0.3, -0.25) is 4.79 Å².